The maximum atomic E-state index is 11.5. The minimum atomic E-state index is 0.159. The van der Waals surface area contributed by atoms with E-state index in [1.54, 1.807) is 0 Å². The summed E-state index contributed by atoms with van der Waals surface area (Å²) in [6.45, 7) is 7.15. The van der Waals surface area contributed by atoms with Gasteiger partial charge in [-0.15, -0.1) is 0 Å². The van der Waals surface area contributed by atoms with Crippen LogP contribution in [0.2, 0.25) is 0 Å². The van der Waals surface area contributed by atoms with Crippen LogP contribution in [0.15, 0.2) is 0 Å². The number of ether oxygens (including phenoxy) is 1. The lowest BCUT2D eigenvalue weighted by atomic mass is 10.1. The number of rotatable bonds is 5. The highest BCUT2D eigenvalue weighted by Gasteiger charge is 2.17. The van der Waals surface area contributed by atoms with Crippen molar-refractivity contribution in [1.29, 1.82) is 0 Å². The van der Waals surface area contributed by atoms with Crippen LogP contribution >= 0.6 is 0 Å². The van der Waals surface area contributed by atoms with Gasteiger partial charge in [-0.05, 0) is 32.1 Å². The van der Waals surface area contributed by atoms with E-state index in [-0.39, 0.29) is 11.9 Å². The second kappa shape index (κ2) is 6.11. The first-order valence-electron chi connectivity index (χ1n) is 6.00. The smallest absolute Gasteiger partial charge is 0.220 e. The zero-order chi connectivity index (χ0) is 11.3. The summed E-state index contributed by atoms with van der Waals surface area (Å²) in [6, 6.07) is 0.266. The van der Waals surface area contributed by atoms with Crippen LogP contribution in [0.5, 0.6) is 0 Å². The lowest BCUT2D eigenvalue weighted by molar-refractivity contribution is -0.122. The summed E-state index contributed by atoms with van der Waals surface area (Å²) in [6.07, 6.45) is 4.06. The Bertz CT molecular complexity index is 198. The topological polar surface area (TPSA) is 38.3 Å². The molecule has 0 spiro atoms. The molecule has 1 aliphatic heterocycles. The summed E-state index contributed by atoms with van der Waals surface area (Å²) in [7, 11) is 0. The van der Waals surface area contributed by atoms with Gasteiger partial charge < -0.3 is 10.1 Å². The molecular weight excluding hydrogens is 190 g/mol. The third kappa shape index (κ3) is 4.65. The number of hydrogen-bond donors (Lipinski definition) is 1. The van der Waals surface area contributed by atoms with Crippen LogP contribution in [-0.4, -0.2) is 24.7 Å². The summed E-state index contributed by atoms with van der Waals surface area (Å²) in [5.74, 6) is 0.656. The van der Waals surface area contributed by atoms with E-state index < -0.39 is 0 Å². The monoisotopic (exact) mass is 213 g/mol. The van der Waals surface area contributed by atoms with Gasteiger partial charge in [-0.25, -0.2) is 0 Å². The Morgan fingerprint density at radius 2 is 2.20 bits per heavy atom. The van der Waals surface area contributed by atoms with Gasteiger partial charge in [0.15, 0.2) is 0 Å². The Morgan fingerprint density at radius 1 is 1.47 bits per heavy atom. The van der Waals surface area contributed by atoms with Gasteiger partial charge in [0.2, 0.25) is 5.91 Å². The van der Waals surface area contributed by atoms with Crippen LogP contribution in [0.25, 0.3) is 0 Å². The van der Waals surface area contributed by atoms with Gasteiger partial charge in [0.25, 0.3) is 0 Å². The minimum Gasteiger partial charge on any atom is -0.378 e. The molecule has 1 saturated heterocycles. The largest absolute Gasteiger partial charge is 0.378 e. The molecule has 0 unspecified atom stereocenters. The maximum absolute atomic E-state index is 11.5. The molecule has 0 aromatic rings. The van der Waals surface area contributed by atoms with E-state index in [1.807, 2.05) is 0 Å². The summed E-state index contributed by atoms with van der Waals surface area (Å²) >= 11 is 0. The summed E-state index contributed by atoms with van der Waals surface area (Å²) in [5.41, 5.74) is 0. The minimum absolute atomic E-state index is 0.159. The fourth-order valence-electron chi connectivity index (χ4n) is 1.66. The molecule has 1 amide bonds. The predicted octanol–water partition coefficient (Wildman–Crippen LogP) is 2.11. The Hall–Kier alpha value is -0.570. The SMILES string of the molecule is CC(C)[C@H](C)NC(=O)CC[C@@H]1CCCO1. The Morgan fingerprint density at radius 3 is 2.73 bits per heavy atom. The van der Waals surface area contributed by atoms with Crippen molar-refractivity contribution >= 4 is 5.91 Å². The predicted molar refractivity (Wildman–Crippen MR) is 60.7 cm³/mol. The van der Waals surface area contributed by atoms with Gasteiger partial charge in [-0.3, -0.25) is 4.79 Å². The highest BCUT2D eigenvalue weighted by atomic mass is 16.5. The van der Waals surface area contributed by atoms with E-state index in [0.29, 0.717) is 18.4 Å². The highest BCUT2D eigenvalue weighted by Crippen LogP contribution is 2.16. The number of hydrogen-bond acceptors (Lipinski definition) is 2. The fourth-order valence-corrected chi connectivity index (χ4v) is 1.66. The van der Waals surface area contributed by atoms with Crippen molar-refractivity contribution in [2.75, 3.05) is 6.61 Å². The lowest BCUT2D eigenvalue weighted by Gasteiger charge is -2.18. The van der Waals surface area contributed by atoms with Gasteiger partial charge in [-0.1, -0.05) is 13.8 Å². The average Bonchev–Trinajstić information content (AvgIpc) is 2.66. The summed E-state index contributed by atoms with van der Waals surface area (Å²) in [5, 5.41) is 3.01. The first-order valence-corrected chi connectivity index (χ1v) is 6.00. The van der Waals surface area contributed by atoms with E-state index in [0.717, 1.165) is 25.9 Å². The van der Waals surface area contributed by atoms with Gasteiger partial charge in [0, 0.05) is 19.1 Å². The van der Waals surface area contributed by atoms with E-state index in [4.69, 9.17) is 4.74 Å². The molecule has 0 saturated carbocycles. The number of amides is 1. The standard InChI is InChI=1S/C12H23NO2/c1-9(2)10(3)13-12(14)7-6-11-5-4-8-15-11/h9-11H,4-8H2,1-3H3,(H,13,14)/t10-,11-/m0/s1. The first kappa shape index (κ1) is 12.5. The molecule has 0 aromatic heterocycles. The average molecular weight is 213 g/mol. The first-order chi connectivity index (χ1) is 7.09. The third-order valence-corrected chi connectivity index (χ3v) is 3.11. The van der Waals surface area contributed by atoms with Crippen molar-refractivity contribution in [3.05, 3.63) is 0 Å². The Labute approximate surface area is 92.6 Å². The van der Waals surface area contributed by atoms with Crippen LogP contribution in [-0.2, 0) is 9.53 Å². The molecule has 0 radical (unpaired) electrons. The highest BCUT2D eigenvalue weighted by molar-refractivity contribution is 5.76. The molecule has 1 aliphatic rings. The van der Waals surface area contributed by atoms with Gasteiger partial charge in [0.05, 0.1) is 6.10 Å². The van der Waals surface area contributed by atoms with Gasteiger partial charge in [-0.2, -0.15) is 0 Å². The van der Waals surface area contributed by atoms with Crippen molar-refractivity contribution in [2.45, 2.75) is 58.6 Å². The van der Waals surface area contributed by atoms with Crippen molar-refractivity contribution in [2.24, 2.45) is 5.92 Å². The molecule has 1 rings (SSSR count). The lowest BCUT2D eigenvalue weighted by Crippen LogP contribution is -2.36. The molecule has 3 heteroatoms. The van der Waals surface area contributed by atoms with E-state index in [9.17, 15) is 4.79 Å². The van der Waals surface area contributed by atoms with Crippen LogP contribution in [0, 0.1) is 5.92 Å². The zero-order valence-electron chi connectivity index (χ0n) is 10.1. The molecule has 0 aromatic carbocycles. The zero-order valence-corrected chi connectivity index (χ0v) is 10.1. The normalized spacial score (nSPS) is 23.1. The van der Waals surface area contributed by atoms with Crippen molar-refractivity contribution in [3.8, 4) is 0 Å². The second-order valence-corrected chi connectivity index (χ2v) is 4.77. The van der Waals surface area contributed by atoms with Crippen LogP contribution < -0.4 is 5.32 Å². The van der Waals surface area contributed by atoms with Gasteiger partial charge >= 0.3 is 0 Å². The fraction of sp³-hybridized carbons (Fsp3) is 0.917. The molecule has 1 heterocycles. The summed E-state index contributed by atoms with van der Waals surface area (Å²) < 4.78 is 5.48. The Balaban J connectivity index is 2.12. The van der Waals surface area contributed by atoms with Crippen LogP contribution in [0.3, 0.4) is 0 Å². The molecule has 88 valence electrons. The van der Waals surface area contributed by atoms with Gasteiger partial charge in [0.1, 0.15) is 0 Å². The van der Waals surface area contributed by atoms with Crippen molar-refractivity contribution in [1.82, 2.24) is 5.32 Å². The molecule has 1 fully saturated rings. The molecule has 3 nitrogen and oxygen atoms in total. The van der Waals surface area contributed by atoms with Crippen LogP contribution in [0.4, 0.5) is 0 Å². The third-order valence-electron chi connectivity index (χ3n) is 3.11. The Kier molecular flexibility index (Phi) is 5.09. The summed E-state index contributed by atoms with van der Waals surface area (Å²) in [4.78, 5) is 11.5. The second-order valence-electron chi connectivity index (χ2n) is 4.77. The molecule has 1 N–H and O–H groups in total. The number of nitrogens with one attached hydrogen (secondary N) is 1. The number of carbonyl (C=O) groups excluding carboxylic acids is 1. The molecule has 0 aliphatic carbocycles. The van der Waals surface area contributed by atoms with Crippen molar-refractivity contribution < 1.29 is 9.53 Å². The van der Waals surface area contributed by atoms with Crippen molar-refractivity contribution in [3.63, 3.8) is 0 Å². The number of carbonyl (C=O) groups is 1. The van der Waals surface area contributed by atoms with E-state index in [2.05, 4.69) is 26.1 Å². The molecule has 2 atom stereocenters. The quantitative estimate of drug-likeness (QED) is 0.759. The molecule has 0 bridgehead atoms. The van der Waals surface area contributed by atoms with E-state index >= 15 is 0 Å². The van der Waals surface area contributed by atoms with Crippen LogP contribution in [0.1, 0.15) is 46.5 Å². The van der Waals surface area contributed by atoms with E-state index in [1.165, 1.54) is 0 Å². The maximum Gasteiger partial charge on any atom is 0.220 e. The molecular formula is C12H23NO2. The molecule has 15 heavy (non-hydrogen) atoms.